The maximum atomic E-state index is 11.0. The lowest BCUT2D eigenvalue weighted by atomic mass is 9.48. The topological polar surface area (TPSA) is 29.5 Å². The molecule has 0 amide bonds. The van der Waals surface area contributed by atoms with Crippen LogP contribution in [-0.4, -0.2) is 29.3 Å². The van der Waals surface area contributed by atoms with Gasteiger partial charge in [-0.1, -0.05) is 36.2 Å². The van der Waals surface area contributed by atoms with Crippen molar-refractivity contribution in [3.8, 4) is 0 Å². The molecule has 0 aromatic rings. The molecule has 4 rings (SSSR count). The van der Waals surface area contributed by atoms with Gasteiger partial charge in [-0.25, -0.2) is 0 Å². The maximum absolute atomic E-state index is 11.0. The van der Waals surface area contributed by atoms with E-state index in [1.54, 1.807) is 0 Å². The lowest BCUT2D eigenvalue weighted by Gasteiger charge is -2.57. The molecule has 0 aromatic carbocycles. The zero-order valence-electron chi connectivity index (χ0n) is 18.5. The van der Waals surface area contributed by atoms with Crippen LogP contribution in [0.2, 0.25) is 0 Å². The first-order valence-corrected chi connectivity index (χ1v) is 13.4. The molecule has 9 atom stereocenters. The molecule has 2 nitrogen and oxygen atoms in total. The van der Waals surface area contributed by atoms with Crippen LogP contribution in [0.5, 0.6) is 0 Å². The number of rotatable bonds is 6. The van der Waals surface area contributed by atoms with Gasteiger partial charge in [0.05, 0.1) is 12.2 Å². The minimum atomic E-state index is -0.546. The molecule has 1 N–H and O–H groups in total. The third kappa shape index (κ3) is 3.64. The van der Waals surface area contributed by atoms with Crippen LogP contribution in [0.3, 0.4) is 0 Å². The average Bonchev–Trinajstić information content (AvgIpc) is 3.04. The second-order valence-corrected chi connectivity index (χ2v) is 11.7. The number of alkyl halides is 1. The van der Waals surface area contributed by atoms with Crippen molar-refractivity contribution in [2.45, 2.75) is 90.6 Å². The van der Waals surface area contributed by atoms with Crippen LogP contribution in [0, 0.1) is 46.8 Å². The van der Waals surface area contributed by atoms with Crippen molar-refractivity contribution in [1.82, 2.24) is 0 Å². The monoisotopic (exact) mass is 454 g/mol. The number of hydrogen-bond acceptors (Lipinski definition) is 2. The number of ether oxygens (including phenoxy) is 1. The van der Waals surface area contributed by atoms with Crippen molar-refractivity contribution in [2.75, 3.05) is 18.5 Å². The summed E-state index contributed by atoms with van der Waals surface area (Å²) in [6.07, 6.45) is 13.2. The van der Waals surface area contributed by atoms with E-state index >= 15 is 0 Å². The normalized spacial score (nSPS) is 49.2. The summed E-state index contributed by atoms with van der Waals surface area (Å²) in [6, 6.07) is 0. The van der Waals surface area contributed by atoms with Gasteiger partial charge in [-0.05, 0) is 112 Å². The molecule has 162 valence electrons. The van der Waals surface area contributed by atoms with Crippen LogP contribution in [-0.2, 0) is 4.74 Å². The highest BCUT2D eigenvalue weighted by molar-refractivity contribution is 9.09. The van der Waals surface area contributed by atoms with E-state index in [1.165, 1.54) is 56.7 Å². The Kier molecular flexibility index (Phi) is 6.56. The van der Waals surface area contributed by atoms with Crippen molar-refractivity contribution < 1.29 is 9.84 Å². The van der Waals surface area contributed by atoms with Gasteiger partial charge in [0.1, 0.15) is 0 Å². The molecule has 0 spiro atoms. The summed E-state index contributed by atoms with van der Waals surface area (Å²) in [5.74, 6) is 6.30. The molecule has 4 aliphatic rings. The standard InChI is InChI=1S/C25H43BrO2/c1-4-17(15-26)22-8-9-23-21-7-6-18-14-25(27,16-28-5-2)13-11-19(18)20(21)10-12-24(22,23)3/h17-23,27H,4-16H2,1-3H3/t17?,18-,19+,20-,21-,22-,23+,24-,25-/m1/s1. The molecule has 0 bridgehead atoms. The van der Waals surface area contributed by atoms with E-state index in [1.807, 2.05) is 6.92 Å². The van der Waals surface area contributed by atoms with Gasteiger partial charge in [0.25, 0.3) is 0 Å². The Morgan fingerprint density at radius 2 is 1.79 bits per heavy atom. The molecule has 0 radical (unpaired) electrons. The van der Waals surface area contributed by atoms with E-state index in [4.69, 9.17) is 4.74 Å². The summed E-state index contributed by atoms with van der Waals surface area (Å²) in [5, 5.41) is 12.2. The van der Waals surface area contributed by atoms with Crippen LogP contribution in [0.25, 0.3) is 0 Å². The lowest BCUT2D eigenvalue weighted by Crippen LogP contribution is -2.52. The van der Waals surface area contributed by atoms with Gasteiger partial charge in [-0.3, -0.25) is 0 Å². The first-order valence-electron chi connectivity index (χ1n) is 12.3. The molecule has 3 heteroatoms. The quantitative estimate of drug-likeness (QED) is 0.467. The van der Waals surface area contributed by atoms with Crippen molar-refractivity contribution in [3.05, 3.63) is 0 Å². The summed E-state index contributed by atoms with van der Waals surface area (Å²) in [5.41, 5.74) is 0.0443. The van der Waals surface area contributed by atoms with E-state index in [0.717, 1.165) is 60.9 Å². The lowest BCUT2D eigenvalue weighted by molar-refractivity contribution is -0.129. The smallest absolute Gasteiger partial charge is 0.0883 e. The Bertz CT molecular complexity index is 535. The van der Waals surface area contributed by atoms with Gasteiger partial charge in [-0.2, -0.15) is 0 Å². The Morgan fingerprint density at radius 1 is 1.00 bits per heavy atom. The highest BCUT2D eigenvalue weighted by atomic mass is 79.9. The van der Waals surface area contributed by atoms with Crippen LogP contribution < -0.4 is 0 Å². The Balaban J connectivity index is 1.46. The third-order valence-electron chi connectivity index (χ3n) is 10.0. The SMILES string of the molecule is CCOC[C@@]1(O)CC[C@H]2[C@H](CC[C@@H]3[C@@H]2CC[C@]2(C)[C@@H](C(CC)CBr)CC[C@@H]32)C1. The molecule has 28 heavy (non-hydrogen) atoms. The maximum Gasteiger partial charge on any atom is 0.0883 e. The molecule has 0 aromatic heterocycles. The predicted octanol–water partition coefficient (Wildman–Crippen LogP) is 6.44. The average molecular weight is 456 g/mol. The van der Waals surface area contributed by atoms with E-state index in [2.05, 4.69) is 29.8 Å². The highest BCUT2D eigenvalue weighted by Gasteiger charge is 2.58. The summed E-state index contributed by atoms with van der Waals surface area (Å²) < 4.78 is 5.63. The van der Waals surface area contributed by atoms with Crippen molar-refractivity contribution in [2.24, 2.45) is 46.8 Å². The third-order valence-corrected chi connectivity index (χ3v) is 10.9. The van der Waals surface area contributed by atoms with E-state index in [9.17, 15) is 5.11 Å². The van der Waals surface area contributed by atoms with Crippen LogP contribution >= 0.6 is 15.9 Å². The summed E-state index contributed by atoms with van der Waals surface area (Å²) in [7, 11) is 0. The molecule has 0 heterocycles. The molecule has 1 unspecified atom stereocenters. The van der Waals surface area contributed by atoms with Gasteiger partial charge < -0.3 is 9.84 Å². The number of aliphatic hydroxyl groups is 1. The zero-order chi connectivity index (χ0) is 19.9. The molecule has 4 saturated carbocycles. The fourth-order valence-electron chi connectivity index (χ4n) is 8.70. The molecule has 4 fully saturated rings. The minimum absolute atomic E-state index is 0.546. The molecular weight excluding hydrogens is 412 g/mol. The van der Waals surface area contributed by atoms with Gasteiger partial charge in [0, 0.05) is 11.9 Å². The number of fused-ring (bicyclic) bond motifs is 5. The fraction of sp³-hybridized carbons (Fsp3) is 1.00. The minimum Gasteiger partial charge on any atom is -0.387 e. The van der Waals surface area contributed by atoms with Crippen molar-refractivity contribution >= 4 is 15.9 Å². The first kappa shape index (κ1) is 21.6. The molecule has 0 aliphatic heterocycles. The summed E-state index contributed by atoms with van der Waals surface area (Å²) in [4.78, 5) is 0. The Morgan fingerprint density at radius 3 is 2.50 bits per heavy atom. The second-order valence-electron chi connectivity index (χ2n) is 11.1. The van der Waals surface area contributed by atoms with Crippen LogP contribution in [0.15, 0.2) is 0 Å². The fourth-order valence-corrected chi connectivity index (χ4v) is 9.61. The van der Waals surface area contributed by atoms with Gasteiger partial charge in [0.2, 0.25) is 0 Å². The largest absolute Gasteiger partial charge is 0.387 e. The van der Waals surface area contributed by atoms with Crippen LogP contribution in [0.1, 0.15) is 85.0 Å². The number of hydrogen-bond donors (Lipinski definition) is 1. The Hall–Kier alpha value is 0.400. The van der Waals surface area contributed by atoms with Crippen molar-refractivity contribution in [3.63, 3.8) is 0 Å². The van der Waals surface area contributed by atoms with E-state index in [0.29, 0.717) is 12.0 Å². The van der Waals surface area contributed by atoms with Gasteiger partial charge >= 0.3 is 0 Å². The second kappa shape index (κ2) is 8.50. The van der Waals surface area contributed by atoms with E-state index < -0.39 is 5.60 Å². The highest BCUT2D eigenvalue weighted by Crippen LogP contribution is 2.66. The summed E-state index contributed by atoms with van der Waals surface area (Å²) >= 11 is 3.84. The van der Waals surface area contributed by atoms with Gasteiger partial charge in [0.15, 0.2) is 0 Å². The molecular formula is C25H43BrO2. The van der Waals surface area contributed by atoms with Gasteiger partial charge in [-0.15, -0.1) is 0 Å². The number of halogens is 1. The molecule has 4 aliphatic carbocycles. The first-order chi connectivity index (χ1) is 13.5. The molecule has 0 saturated heterocycles. The predicted molar refractivity (Wildman–Crippen MR) is 120 cm³/mol. The van der Waals surface area contributed by atoms with Crippen molar-refractivity contribution in [1.29, 1.82) is 0 Å². The van der Waals surface area contributed by atoms with E-state index in [-0.39, 0.29) is 0 Å². The summed E-state index contributed by atoms with van der Waals surface area (Å²) in [6.45, 7) is 8.37. The van der Waals surface area contributed by atoms with Crippen LogP contribution in [0.4, 0.5) is 0 Å². The zero-order valence-corrected chi connectivity index (χ0v) is 20.1. The Labute approximate surface area is 181 Å².